The molecule has 0 aliphatic carbocycles. The van der Waals surface area contributed by atoms with E-state index < -0.39 is 0 Å². The number of halogens is 1. The average molecular weight is 295 g/mol. The van der Waals surface area contributed by atoms with Crippen LogP contribution in [0.25, 0.3) is 33.8 Å². The first-order valence-corrected chi connectivity index (χ1v) is 6.94. The molecule has 0 amide bonds. The lowest BCUT2D eigenvalue weighted by molar-refractivity contribution is 1.09. The van der Waals surface area contributed by atoms with Gasteiger partial charge in [0.05, 0.1) is 16.7 Å². The Morgan fingerprint density at radius 2 is 1.81 bits per heavy atom. The van der Waals surface area contributed by atoms with E-state index in [1.54, 1.807) is 0 Å². The Hall–Kier alpha value is -2.59. The quantitative estimate of drug-likeness (QED) is 0.580. The average Bonchev–Trinajstić information content (AvgIpc) is 3.14. The van der Waals surface area contributed by atoms with Crippen LogP contribution in [-0.2, 0) is 0 Å². The van der Waals surface area contributed by atoms with Crippen LogP contribution >= 0.6 is 11.6 Å². The van der Waals surface area contributed by atoms with Crippen LogP contribution in [0.15, 0.2) is 54.6 Å². The zero-order valence-electron chi connectivity index (χ0n) is 11.0. The van der Waals surface area contributed by atoms with Gasteiger partial charge in [0.2, 0.25) is 0 Å². The van der Waals surface area contributed by atoms with Gasteiger partial charge in [-0.2, -0.15) is 5.10 Å². The third-order valence-corrected chi connectivity index (χ3v) is 3.58. The van der Waals surface area contributed by atoms with Crippen LogP contribution in [-0.4, -0.2) is 20.2 Å². The van der Waals surface area contributed by atoms with Crippen LogP contribution in [0.3, 0.4) is 0 Å². The zero-order valence-corrected chi connectivity index (χ0v) is 11.7. The summed E-state index contributed by atoms with van der Waals surface area (Å²) in [5.41, 5.74) is 4.60. The fraction of sp³-hybridized carbons (Fsp3) is 0. The van der Waals surface area contributed by atoms with Gasteiger partial charge in [0, 0.05) is 10.6 Å². The van der Waals surface area contributed by atoms with Crippen molar-refractivity contribution in [1.82, 2.24) is 20.2 Å². The Kier molecular flexibility index (Phi) is 2.75. The molecule has 2 aromatic heterocycles. The molecule has 0 aliphatic rings. The minimum absolute atomic E-state index is 0.676. The molecule has 2 aromatic carbocycles. The highest BCUT2D eigenvalue weighted by Crippen LogP contribution is 2.25. The van der Waals surface area contributed by atoms with Gasteiger partial charge in [0.1, 0.15) is 5.69 Å². The Labute approximate surface area is 125 Å². The highest BCUT2D eigenvalue weighted by atomic mass is 35.5. The maximum absolute atomic E-state index is 5.98. The van der Waals surface area contributed by atoms with Gasteiger partial charge >= 0.3 is 0 Å². The molecule has 0 radical (unpaired) electrons. The number of hydrogen-bond donors (Lipinski definition) is 2. The molecule has 0 unspecified atom stereocenters. The summed E-state index contributed by atoms with van der Waals surface area (Å²) in [5, 5.41) is 8.03. The molecule has 0 saturated heterocycles. The van der Waals surface area contributed by atoms with Gasteiger partial charge in [0.15, 0.2) is 5.82 Å². The second kappa shape index (κ2) is 4.75. The number of benzene rings is 2. The number of nitrogens with one attached hydrogen (secondary N) is 2. The van der Waals surface area contributed by atoms with Crippen LogP contribution in [0.2, 0.25) is 5.02 Å². The van der Waals surface area contributed by atoms with Crippen LogP contribution in [0.5, 0.6) is 0 Å². The molecule has 0 fully saturated rings. The maximum atomic E-state index is 5.98. The van der Waals surface area contributed by atoms with E-state index >= 15 is 0 Å². The number of H-pyrrole nitrogens is 2. The molecule has 102 valence electrons. The minimum Gasteiger partial charge on any atom is -0.337 e. The first-order valence-electron chi connectivity index (χ1n) is 6.56. The van der Waals surface area contributed by atoms with Gasteiger partial charge in [-0.05, 0) is 24.3 Å². The van der Waals surface area contributed by atoms with Crippen molar-refractivity contribution in [3.8, 4) is 22.8 Å². The molecule has 4 aromatic rings. The second-order valence-corrected chi connectivity index (χ2v) is 5.22. The highest BCUT2D eigenvalue weighted by molar-refractivity contribution is 6.31. The van der Waals surface area contributed by atoms with Crippen molar-refractivity contribution in [3.05, 3.63) is 59.6 Å². The summed E-state index contributed by atoms with van der Waals surface area (Å²) in [6.45, 7) is 0. The number of fused-ring (bicyclic) bond motifs is 1. The zero-order chi connectivity index (χ0) is 14.2. The van der Waals surface area contributed by atoms with E-state index in [1.165, 1.54) is 0 Å². The largest absolute Gasteiger partial charge is 0.337 e. The molecule has 0 spiro atoms. The molecule has 0 saturated carbocycles. The normalized spacial score (nSPS) is 11.1. The van der Waals surface area contributed by atoms with Crippen molar-refractivity contribution in [2.75, 3.05) is 0 Å². The van der Waals surface area contributed by atoms with E-state index in [9.17, 15) is 0 Å². The summed E-state index contributed by atoms with van der Waals surface area (Å²) in [5.74, 6) is 0.752. The van der Waals surface area contributed by atoms with Gasteiger partial charge in [0.25, 0.3) is 0 Å². The van der Waals surface area contributed by atoms with Crippen LogP contribution in [0, 0.1) is 0 Å². The highest BCUT2D eigenvalue weighted by Gasteiger charge is 2.10. The topological polar surface area (TPSA) is 57.4 Å². The molecular weight excluding hydrogens is 284 g/mol. The molecule has 4 rings (SSSR count). The summed E-state index contributed by atoms with van der Waals surface area (Å²) < 4.78 is 0. The molecule has 0 atom stereocenters. The van der Waals surface area contributed by atoms with Crippen LogP contribution in [0.4, 0.5) is 0 Å². The number of imidazole rings is 1. The molecule has 0 aliphatic heterocycles. The van der Waals surface area contributed by atoms with E-state index in [0.29, 0.717) is 5.02 Å². The number of nitrogens with zero attached hydrogens (tertiary/aromatic N) is 2. The predicted molar refractivity (Wildman–Crippen MR) is 84.1 cm³/mol. The van der Waals surface area contributed by atoms with E-state index in [4.69, 9.17) is 11.6 Å². The van der Waals surface area contributed by atoms with E-state index in [0.717, 1.165) is 33.8 Å². The third kappa shape index (κ3) is 2.19. The molecular formula is C16H11ClN4. The Balaban J connectivity index is 1.77. The maximum Gasteiger partial charge on any atom is 0.156 e. The van der Waals surface area contributed by atoms with Crippen LogP contribution < -0.4 is 0 Å². The smallest absolute Gasteiger partial charge is 0.156 e. The fourth-order valence-corrected chi connectivity index (χ4v) is 2.47. The first kappa shape index (κ1) is 12.2. The molecule has 0 bridgehead atoms. The summed E-state index contributed by atoms with van der Waals surface area (Å²) in [6.07, 6.45) is 0. The number of hydrogen-bond acceptors (Lipinski definition) is 2. The van der Waals surface area contributed by atoms with Crippen molar-refractivity contribution in [2.24, 2.45) is 0 Å². The van der Waals surface area contributed by atoms with E-state index in [2.05, 4.69) is 20.2 Å². The number of rotatable bonds is 2. The SMILES string of the molecule is Clc1ccc2[nH]c(-c3cc(-c4ccccc4)n[nH]3)nc2c1. The van der Waals surface area contributed by atoms with Crippen molar-refractivity contribution in [2.45, 2.75) is 0 Å². The third-order valence-electron chi connectivity index (χ3n) is 3.35. The van der Waals surface area contributed by atoms with E-state index in [1.807, 2.05) is 54.6 Å². The summed E-state index contributed by atoms with van der Waals surface area (Å²) in [7, 11) is 0. The number of aromatic amines is 2. The van der Waals surface area contributed by atoms with Gasteiger partial charge in [-0.1, -0.05) is 41.9 Å². The van der Waals surface area contributed by atoms with Gasteiger partial charge in [-0.15, -0.1) is 0 Å². The van der Waals surface area contributed by atoms with Crippen molar-refractivity contribution in [3.63, 3.8) is 0 Å². The lowest BCUT2D eigenvalue weighted by atomic mass is 10.1. The fourth-order valence-electron chi connectivity index (χ4n) is 2.31. The Morgan fingerprint density at radius 1 is 0.952 bits per heavy atom. The molecule has 2 N–H and O–H groups in total. The lowest BCUT2D eigenvalue weighted by Gasteiger charge is -1.92. The summed E-state index contributed by atoms with van der Waals surface area (Å²) >= 11 is 5.98. The summed E-state index contributed by atoms with van der Waals surface area (Å²) in [6, 6.07) is 17.6. The Morgan fingerprint density at radius 3 is 2.67 bits per heavy atom. The van der Waals surface area contributed by atoms with Gasteiger partial charge in [-0.25, -0.2) is 4.98 Å². The monoisotopic (exact) mass is 294 g/mol. The van der Waals surface area contributed by atoms with Gasteiger partial charge < -0.3 is 4.98 Å². The van der Waals surface area contributed by atoms with Crippen LogP contribution in [0.1, 0.15) is 0 Å². The second-order valence-electron chi connectivity index (χ2n) is 4.78. The predicted octanol–water partition coefficient (Wildman–Crippen LogP) is 4.27. The van der Waals surface area contributed by atoms with Crippen molar-refractivity contribution >= 4 is 22.6 Å². The summed E-state index contributed by atoms with van der Waals surface area (Å²) in [4.78, 5) is 7.80. The minimum atomic E-state index is 0.676. The molecule has 5 heteroatoms. The standard InChI is InChI=1S/C16H11ClN4/c17-11-6-7-12-14(8-11)19-16(18-12)15-9-13(20-21-15)10-4-2-1-3-5-10/h1-9H,(H,18,19)(H,20,21). The van der Waals surface area contributed by atoms with Gasteiger partial charge in [-0.3, -0.25) is 5.10 Å². The van der Waals surface area contributed by atoms with E-state index in [-0.39, 0.29) is 0 Å². The van der Waals surface area contributed by atoms with Crippen molar-refractivity contribution in [1.29, 1.82) is 0 Å². The number of aromatic nitrogens is 4. The molecule has 4 nitrogen and oxygen atoms in total. The molecule has 21 heavy (non-hydrogen) atoms. The van der Waals surface area contributed by atoms with Crippen molar-refractivity contribution < 1.29 is 0 Å². The lowest BCUT2D eigenvalue weighted by Crippen LogP contribution is -1.79. The first-order chi connectivity index (χ1) is 10.3. The molecule has 2 heterocycles. The Bertz CT molecular complexity index is 908.